The molecule has 2 rings (SSSR count). The zero-order valence-electron chi connectivity index (χ0n) is 11.4. The van der Waals surface area contributed by atoms with Crippen molar-refractivity contribution in [1.82, 2.24) is 0 Å². The molecule has 1 amide bonds. The van der Waals surface area contributed by atoms with Crippen molar-refractivity contribution in [2.24, 2.45) is 5.73 Å². The molecular weight excluding hydrogens is 268 g/mol. The molecule has 0 heterocycles. The Morgan fingerprint density at radius 3 is 2.38 bits per heavy atom. The Morgan fingerprint density at radius 1 is 1.14 bits per heavy atom. The summed E-state index contributed by atoms with van der Waals surface area (Å²) >= 11 is 0. The zero-order valence-corrected chi connectivity index (χ0v) is 11.4. The van der Waals surface area contributed by atoms with Crippen molar-refractivity contribution in [3.63, 3.8) is 0 Å². The van der Waals surface area contributed by atoms with Crippen LogP contribution in [0.25, 0.3) is 12.2 Å². The van der Waals surface area contributed by atoms with E-state index in [4.69, 9.17) is 5.73 Å². The van der Waals surface area contributed by atoms with Crippen LogP contribution in [0.5, 0.6) is 0 Å². The average molecular weight is 282 g/mol. The van der Waals surface area contributed by atoms with Crippen molar-refractivity contribution >= 4 is 23.7 Å². The molecule has 0 unspecified atom stereocenters. The molecule has 0 aliphatic heterocycles. The van der Waals surface area contributed by atoms with Crippen molar-refractivity contribution in [2.45, 2.75) is 6.92 Å². The summed E-state index contributed by atoms with van der Waals surface area (Å²) < 4.78 is 0. The van der Waals surface area contributed by atoms with Gasteiger partial charge in [0.2, 0.25) is 5.91 Å². The number of carbonyl (C=O) groups is 1. The lowest BCUT2D eigenvalue weighted by atomic mass is 10.1. The third-order valence-electron chi connectivity index (χ3n) is 3.03. The van der Waals surface area contributed by atoms with Gasteiger partial charge in [0.25, 0.3) is 5.69 Å². The van der Waals surface area contributed by atoms with Gasteiger partial charge in [-0.25, -0.2) is 0 Å². The first-order valence-corrected chi connectivity index (χ1v) is 6.30. The summed E-state index contributed by atoms with van der Waals surface area (Å²) in [6.07, 6.45) is 3.43. The number of hydrogen-bond acceptors (Lipinski definition) is 3. The van der Waals surface area contributed by atoms with Gasteiger partial charge in [0.05, 0.1) is 10.5 Å². The van der Waals surface area contributed by atoms with Gasteiger partial charge in [-0.15, -0.1) is 0 Å². The summed E-state index contributed by atoms with van der Waals surface area (Å²) in [7, 11) is 0. The SMILES string of the molecule is Cc1ccc(/C=C/c2ccc(C(N)=O)cc2)c([N+](=O)[O-])c1. The van der Waals surface area contributed by atoms with E-state index in [-0.39, 0.29) is 5.69 Å². The minimum Gasteiger partial charge on any atom is -0.366 e. The molecule has 0 saturated carbocycles. The zero-order chi connectivity index (χ0) is 15.4. The first-order valence-electron chi connectivity index (χ1n) is 6.30. The van der Waals surface area contributed by atoms with Gasteiger partial charge in [0.1, 0.15) is 0 Å². The minimum atomic E-state index is -0.486. The van der Waals surface area contributed by atoms with Gasteiger partial charge < -0.3 is 5.73 Å². The van der Waals surface area contributed by atoms with Crippen molar-refractivity contribution < 1.29 is 9.72 Å². The van der Waals surface area contributed by atoms with E-state index in [1.54, 1.807) is 42.5 Å². The Labute approximate surface area is 121 Å². The number of nitrogens with two attached hydrogens (primary N) is 1. The molecule has 21 heavy (non-hydrogen) atoms. The molecule has 0 atom stereocenters. The Morgan fingerprint density at radius 2 is 1.81 bits per heavy atom. The van der Waals surface area contributed by atoms with Gasteiger partial charge in [0, 0.05) is 11.6 Å². The van der Waals surface area contributed by atoms with Gasteiger partial charge in [-0.3, -0.25) is 14.9 Å². The highest BCUT2D eigenvalue weighted by atomic mass is 16.6. The number of nitro benzene ring substituents is 1. The van der Waals surface area contributed by atoms with Crippen LogP contribution in [0.2, 0.25) is 0 Å². The fraction of sp³-hybridized carbons (Fsp3) is 0.0625. The number of nitro groups is 1. The van der Waals surface area contributed by atoms with Crippen LogP contribution in [0.4, 0.5) is 5.69 Å². The van der Waals surface area contributed by atoms with Crippen LogP contribution in [0, 0.1) is 17.0 Å². The van der Waals surface area contributed by atoms with Gasteiger partial charge in [-0.2, -0.15) is 0 Å². The summed E-state index contributed by atoms with van der Waals surface area (Å²) in [4.78, 5) is 21.6. The van der Waals surface area contributed by atoms with Crippen molar-refractivity contribution in [3.05, 3.63) is 74.8 Å². The van der Waals surface area contributed by atoms with E-state index in [1.807, 2.05) is 13.0 Å². The summed E-state index contributed by atoms with van der Waals surface area (Å²) in [5, 5.41) is 11.0. The predicted octanol–water partition coefficient (Wildman–Crippen LogP) is 3.17. The molecule has 0 bridgehead atoms. The Kier molecular flexibility index (Phi) is 4.13. The summed E-state index contributed by atoms with van der Waals surface area (Å²) in [5.41, 5.74) is 7.86. The number of primary amides is 1. The first kappa shape index (κ1) is 14.5. The number of nitrogens with zero attached hydrogens (tertiary/aromatic N) is 1. The number of carbonyl (C=O) groups excluding carboxylic acids is 1. The van der Waals surface area contributed by atoms with Crippen LogP contribution in [0.3, 0.4) is 0 Å². The topological polar surface area (TPSA) is 86.2 Å². The lowest BCUT2D eigenvalue weighted by Crippen LogP contribution is -2.10. The third kappa shape index (κ3) is 3.54. The Balaban J connectivity index is 2.29. The average Bonchev–Trinajstić information content (AvgIpc) is 2.46. The Bertz CT molecular complexity index is 719. The molecule has 106 valence electrons. The van der Waals surface area contributed by atoms with E-state index in [1.165, 1.54) is 6.07 Å². The quantitative estimate of drug-likeness (QED) is 0.531. The number of hydrogen-bond donors (Lipinski definition) is 1. The van der Waals surface area contributed by atoms with Crippen LogP contribution in [-0.2, 0) is 0 Å². The van der Waals surface area contributed by atoms with E-state index < -0.39 is 10.8 Å². The van der Waals surface area contributed by atoms with E-state index in [0.29, 0.717) is 11.1 Å². The summed E-state index contributed by atoms with van der Waals surface area (Å²) in [6.45, 7) is 1.81. The highest BCUT2D eigenvalue weighted by Crippen LogP contribution is 2.22. The van der Waals surface area contributed by atoms with Crippen LogP contribution in [0.15, 0.2) is 42.5 Å². The smallest absolute Gasteiger partial charge is 0.276 e. The second-order valence-electron chi connectivity index (χ2n) is 4.64. The van der Waals surface area contributed by atoms with E-state index in [9.17, 15) is 14.9 Å². The van der Waals surface area contributed by atoms with Crippen molar-refractivity contribution in [1.29, 1.82) is 0 Å². The monoisotopic (exact) mass is 282 g/mol. The van der Waals surface area contributed by atoms with Gasteiger partial charge in [0.15, 0.2) is 0 Å². The van der Waals surface area contributed by atoms with Gasteiger partial charge >= 0.3 is 0 Å². The largest absolute Gasteiger partial charge is 0.366 e. The molecule has 0 spiro atoms. The predicted molar refractivity (Wildman–Crippen MR) is 81.7 cm³/mol. The molecule has 2 N–H and O–H groups in total. The second kappa shape index (κ2) is 6.00. The molecule has 0 aliphatic carbocycles. The third-order valence-corrected chi connectivity index (χ3v) is 3.03. The number of aryl methyl sites for hydroxylation is 1. The molecule has 5 heteroatoms. The molecule has 2 aromatic rings. The van der Waals surface area contributed by atoms with Crippen LogP contribution >= 0.6 is 0 Å². The molecule has 0 radical (unpaired) electrons. The molecular formula is C16H14N2O3. The number of rotatable bonds is 4. The maximum absolute atomic E-state index is 11.0. The number of amides is 1. The van der Waals surface area contributed by atoms with E-state index in [2.05, 4.69) is 0 Å². The highest BCUT2D eigenvalue weighted by Gasteiger charge is 2.10. The van der Waals surface area contributed by atoms with Crippen molar-refractivity contribution in [3.8, 4) is 0 Å². The highest BCUT2D eigenvalue weighted by molar-refractivity contribution is 5.93. The Hall–Kier alpha value is -2.95. The van der Waals surface area contributed by atoms with Crippen LogP contribution in [-0.4, -0.2) is 10.8 Å². The van der Waals surface area contributed by atoms with E-state index in [0.717, 1.165) is 11.1 Å². The lowest BCUT2D eigenvalue weighted by molar-refractivity contribution is -0.385. The first-order chi connectivity index (χ1) is 9.97. The summed E-state index contributed by atoms with van der Waals surface area (Å²) in [5.74, 6) is -0.486. The van der Waals surface area contributed by atoms with Crippen LogP contribution in [0.1, 0.15) is 27.0 Å². The molecule has 5 nitrogen and oxygen atoms in total. The van der Waals surface area contributed by atoms with Crippen molar-refractivity contribution in [2.75, 3.05) is 0 Å². The normalized spacial score (nSPS) is 10.7. The maximum atomic E-state index is 11.0. The number of benzene rings is 2. The lowest BCUT2D eigenvalue weighted by Gasteiger charge is -2.00. The fourth-order valence-corrected chi connectivity index (χ4v) is 1.90. The molecule has 0 aromatic heterocycles. The molecule has 0 saturated heterocycles. The molecule has 0 fully saturated rings. The standard InChI is InChI=1S/C16H14N2O3/c1-11-2-6-13(15(10-11)18(20)21)7-3-12-4-8-14(9-5-12)16(17)19/h2-10H,1H3,(H2,17,19)/b7-3+. The fourth-order valence-electron chi connectivity index (χ4n) is 1.90. The van der Waals surface area contributed by atoms with E-state index >= 15 is 0 Å². The minimum absolute atomic E-state index is 0.0695. The van der Waals surface area contributed by atoms with Gasteiger partial charge in [-0.1, -0.05) is 24.3 Å². The maximum Gasteiger partial charge on any atom is 0.276 e. The van der Waals surface area contributed by atoms with Gasteiger partial charge in [-0.05, 0) is 42.3 Å². The summed E-state index contributed by atoms with van der Waals surface area (Å²) in [6, 6.07) is 11.8. The second-order valence-corrected chi connectivity index (χ2v) is 4.64. The molecule has 0 aliphatic rings. The molecule has 2 aromatic carbocycles. The van der Waals surface area contributed by atoms with Crippen LogP contribution < -0.4 is 5.73 Å².